The summed E-state index contributed by atoms with van der Waals surface area (Å²) in [4.78, 5) is 32.0. The van der Waals surface area contributed by atoms with Gasteiger partial charge in [0.25, 0.3) is 5.56 Å². The molecule has 7 nitrogen and oxygen atoms in total. The maximum atomic E-state index is 13.8. The number of aryl methyl sites for hydroxylation is 1. The number of rotatable bonds is 6. The Morgan fingerprint density at radius 3 is 2.71 bits per heavy atom. The fourth-order valence-electron chi connectivity index (χ4n) is 4.59. The number of carbonyl (C=O) groups is 1. The molecule has 3 heterocycles. The minimum Gasteiger partial charge on any atom is -0.496 e. The molecule has 0 aliphatic carbocycles. The molecule has 0 saturated heterocycles. The van der Waals surface area contributed by atoms with Gasteiger partial charge in [0, 0.05) is 22.2 Å². The quantitative estimate of drug-likeness (QED) is 0.316. The number of allylic oxidation sites excluding steroid dienone is 1. The molecule has 0 saturated carbocycles. The number of para-hydroxylation sites is 1. The first-order chi connectivity index (χ1) is 18.3. The smallest absolute Gasteiger partial charge is 0.338 e. The number of thiazole rings is 1. The summed E-state index contributed by atoms with van der Waals surface area (Å²) in [7, 11) is 1.56. The van der Waals surface area contributed by atoms with Gasteiger partial charge in [0.15, 0.2) is 4.80 Å². The first-order valence-corrected chi connectivity index (χ1v) is 13.2. The summed E-state index contributed by atoms with van der Waals surface area (Å²) in [6.45, 7) is 5.65. The summed E-state index contributed by atoms with van der Waals surface area (Å²) in [6, 6.07) is 15.8. The van der Waals surface area contributed by atoms with Crippen molar-refractivity contribution in [2.75, 3.05) is 13.7 Å². The van der Waals surface area contributed by atoms with E-state index in [4.69, 9.17) is 25.5 Å². The van der Waals surface area contributed by atoms with Crippen molar-refractivity contribution in [2.24, 2.45) is 4.99 Å². The molecule has 0 amide bonds. The van der Waals surface area contributed by atoms with E-state index in [0.29, 0.717) is 48.5 Å². The fraction of sp³-hybridized carbons (Fsp3) is 0.207. The monoisotopic (exact) mass is 548 g/mol. The van der Waals surface area contributed by atoms with Crippen molar-refractivity contribution in [1.82, 2.24) is 4.57 Å². The lowest BCUT2D eigenvalue weighted by molar-refractivity contribution is -0.139. The molecule has 2 aromatic carbocycles. The van der Waals surface area contributed by atoms with Crippen LogP contribution in [0.15, 0.2) is 80.1 Å². The number of methoxy groups -OCH3 is 1. The summed E-state index contributed by atoms with van der Waals surface area (Å²) in [5.41, 5.74) is 3.07. The molecule has 4 aromatic rings. The molecule has 1 atom stereocenters. The van der Waals surface area contributed by atoms with Crippen molar-refractivity contribution in [3.8, 4) is 17.1 Å². The second-order valence-electron chi connectivity index (χ2n) is 8.71. The van der Waals surface area contributed by atoms with Crippen molar-refractivity contribution in [1.29, 1.82) is 0 Å². The average molecular weight is 549 g/mol. The topological polar surface area (TPSA) is 83.0 Å². The zero-order valence-corrected chi connectivity index (χ0v) is 22.9. The number of fused-ring (bicyclic) bond motifs is 1. The SMILES string of the molecule is CCOC(=O)C1=C(C)N=c2s/c(=C\c3ccc(-c4ccc(Cl)cc4C)o3)c(=O)n2[C@@H]1c1ccccc1OC. The van der Waals surface area contributed by atoms with Gasteiger partial charge in [-0.2, -0.15) is 0 Å². The highest BCUT2D eigenvalue weighted by molar-refractivity contribution is 7.07. The molecule has 194 valence electrons. The second kappa shape index (κ2) is 10.5. The van der Waals surface area contributed by atoms with Crippen LogP contribution in [-0.2, 0) is 9.53 Å². The minimum absolute atomic E-state index is 0.201. The summed E-state index contributed by atoms with van der Waals surface area (Å²) in [5, 5.41) is 0.654. The lowest BCUT2D eigenvalue weighted by Crippen LogP contribution is -2.40. The largest absolute Gasteiger partial charge is 0.496 e. The Labute approximate surface area is 227 Å². The van der Waals surface area contributed by atoms with Crippen molar-refractivity contribution in [3.63, 3.8) is 0 Å². The summed E-state index contributed by atoms with van der Waals surface area (Å²) >= 11 is 7.33. The number of carbonyl (C=O) groups excluding carboxylic acids is 1. The van der Waals surface area contributed by atoms with Crippen molar-refractivity contribution >= 4 is 35.0 Å². The molecule has 0 bridgehead atoms. The van der Waals surface area contributed by atoms with E-state index in [2.05, 4.69) is 4.99 Å². The van der Waals surface area contributed by atoms with Crippen LogP contribution >= 0.6 is 22.9 Å². The third-order valence-corrected chi connectivity index (χ3v) is 7.52. The third-order valence-electron chi connectivity index (χ3n) is 6.30. The van der Waals surface area contributed by atoms with Gasteiger partial charge in [-0.3, -0.25) is 9.36 Å². The van der Waals surface area contributed by atoms with Crippen LogP contribution in [0.4, 0.5) is 0 Å². The van der Waals surface area contributed by atoms with Gasteiger partial charge in [0.2, 0.25) is 0 Å². The zero-order valence-electron chi connectivity index (χ0n) is 21.3. The molecule has 0 radical (unpaired) electrons. The van der Waals surface area contributed by atoms with Crippen LogP contribution in [0, 0.1) is 6.92 Å². The highest BCUT2D eigenvalue weighted by Gasteiger charge is 2.35. The molecule has 0 N–H and O–H groups in total. The first kappa shape index (κ1) is 25.8. The number of aromatic nitrogens is 1. The Bertz CT molecular complexity index is 1760. The Morgan fingerprint density at radius 2 is 1.97 bits per heavy atom. The molecule has 1 aliphatic heterocycles. The van der Waals surface area contributed by atoms with Gasteiger partial charge in [-0.05, 0) is 62.7 Å². The van der Waals surface area contributed by atoms with Gasteiger partial charge in [-0.15, -0.1) is 0 Å². The number of benzene rings is 2. The van der Waals surface area contributed by atoms with Crippen LogP contribution in [0.25, 0.3) is 17.4 Å². The van der Waals surface area contributed by atoms with E-state index < -0.39 is 12.0 Å². The first-order valence-electron chi connectivity index (χ1n) is 12.0. The predicted molar refractivity (Wildman–Crippen MR) is 147 cm³/mol. The van der Waals surface area contributed by atoms with Crippen molar-refractivity contribution in [2.45, 2.75) is 26.8 Å². The van der Waals surface area contributed by atoms with Gasteiger partial charge < -0.3 is 13.9 Å². The molecule has 0 spiro atoms. The molecular weight excluding hydrogens is 524 g/mol. The van der Waals surface area contributed by atoms with Crippen LogP contribution in [0.2, 0.25) is 5.02 Å². The fourth-order valence-corrected chi connectivity index (χ4v) is 5.84. The van der Waals surface area contributed by atoms with Crippen molar-refractivity contribution < 1.29 is 18.7 Å². The van der Waals surface area contributed by atoms with E-state index in [1.165, 1.54) is 15.9 Å². The number of hydrogen-bond acceptors (Lipinski definition) is 7. The predicted octanol–water partition coefficient (Wildman–Crippen LogP) is 5.03. The molecule has 1 aliphatic rings. The Kier molecular flexibility index (Phi) is 7.10. The molecule has 0 fully saturated rings. The normalized spacial score (nSPS) is 15.3. The number of halogens is 1. The van der Waals surface area contributed by atoms with E-state index >= 15 is 0 Å². The van der Waals surface area contributed by atoms with Crippen LogP contribution in [0.5, 0.6) is 5.75 Å². The Hall–Kier alpha value is -3.88. The number of ether oxygens (including phenoxy) is 2. The van der Waals surface area contributed by atoms with Crippen LogP contribution in [-0.4, -0.2) is 24.3 Å². The Morgan fingerprint density at radius 1 is 1.18 bits per heavy atom. The molecule has 9 heteroatoms. The third kappa shape index (κ3) is 4.61. The summed E-state index contributed by atoms with van der Waals surface area (Å²) < 4.78 is 19.0. The molecular formula is C29H25ClN2O5S. The van der Waals surface area contributed by atoms with Gasteiger partial charge in [0.1, 0.15) is 23.3 Å². The van der Waals surface area contributed by atoms with Gasteiger partial charge in [-0.1, -0.05) is 41.1 Å². The maximum absolute atomic E-state index is 13.8. The molecule has 2 aromatic heterocycles. The maximum Gasteiger partial charge on any atom is 0.338 e. The van der Waals surface area contributed by atoms with Crippen molar-refractivity contribution in [3.05, 3.63) is 107 Å². The number of hydrogen-bond donors (Lipinski definition) is 0. The minimum atomic E-state index is -0.757. The summed E-state index contributed by atoms with van der Waals surface area (Å²) in [6.07, 6.45) is 1.70. The summed E-state index contributed by atoms with van der Waals surface area (Å²) in [5.74, 6) is 1.23. The lowest BCUT2D eigenvalue weighted by Gasteiger charge is -2.25. The van der Waals surface area contributed by atoms with Crippen LogP contribution < -0.4 is 19.6 Å². The Balaban J connectivity index is 1.66. The van der Waals surface area contributed by atoms with Crippen LogP contribution in [0.1, 0.15) is 36.8 Å². The molecule has 38 heavy (non-hydrogen) atoms. The second-order valence-corrected chi connectivity index (χ2v) is 10.2. The van der Waals surface area contributed by atoms with Crippen LogP contribution in [0.3, 0.4) is 0 Å². The van der Waals surface area contributed by atoms with Gasteiger partial charge >= 0.3 is 5.97 Å². The average Bonchev–Trinajstić information content (AvgIpc) is 3.47. The van der Waals surface area contributed by atoms with Gasteiger partial charge in [0.05, 0.1) is 29.5 Å². The molecule has 5 rings (SSSR count). The van der Waals surface area contributed by atoms with Gasteiger partial charge in [-0.25, -0.2) is 9.79 Å². The zero-order chi connectivity index (χ0) is 27.0. The number of nitrogens with zero attached hydrogens (tertiary/aromatic N) is 2. The number of furan rings is 1. The number of esters is 1. The van der Waals surface area contributed by atoms with E-state index in [9.17, 15) is 9.59 Å². The lowest BCUT2D eigenvalue weighted by atomic mass is 9.95. The van der Waals surface area contributed by atoms with E-state index in [-0.39, 0.29) is 12.2 Å². The van der Waals surface area contributed by atoms with E-state index in [1.807, 2.05) is 55.5 Å². The standard InChI is InChI=1S/C29H25ClN2O5S/c1-5-36-28(34)25-17(3)31-29-32(26(25)21-8-6-7-9-22(21)35-4)27(33)24(38-29)15-19-11-13-23(37-19)20-12-10-18(30)14-16(20)2/h6-15,26H,5H2,1-4H3/b24-15-/t26-/m1/s1. The highest BCUT2D eigenvalue weighted by Crippen LogP contribution is 2.35. The highest BCUT2D eigenvalue weighted by atomic mass is 35.5. The molecule has 0 unspecified atom stereocenters. The van der Waals surface area contributed by atoms with E-state index in [0.717, 1.165) is 11.1 Å². The van der Waals surface area contributed by atoms with E-state index in [1.54, 1.807) is 33.1 Å².